The Balaban J connectivity index is 2.45. The summed E-state index contributed by atoms with van der Waals surface area (Å²) in [4.78, 5) is 8.55. The molecule has 0 saturated carbocycles. The van der Waals surface area contributed by atoms with E-state index >= 15 is 0 Å². The molecule has 2 N–H and O–H groups in total. The molecule has 1 heterocycles. The van der Waals surface area contributed by atoms with Gasteiger partial charge >= 0.3 is 0 Å². The predicted molar refractivity (Wildman–Crippen MR) is 74.4 cm³/mol. The fraction of sp³-hybridized carbons (Fsp3) is 0.231. The fourth-order valence-electron chi connectivity index (χ4n) is 1.72. The van der Waals surface area contributed by atoms with Crippen LogP contribution in [0.4, 0.5) is 5.95 Å². The molecule has 0 atom stereocenters. The molecule has 1 aromatic carbocycles. The van der Waals surface area contributed by atoms with Crippen molar-refractivity contribution in [2.45, 2.75) is 18.2 Å². The zero-order chi connectivity index (χ0) is 14.0. The zero-order valence-corrected chi connectivity index (χ0v) is 11.6. The molecule has 2 aromatic rings. The van der Waals surface area contributed by atoms with E-state index in [0.717, 1.165) is 17.7 Å². The summed E-state index contributed by atoms with van der Waals surface area (Å²) in [5.74, 6) is 0.224. The first-order valence-corrected chi connectivity index (χ1v) is 7.73. The lowest BCUT2D eigenvalue weighted by Gasteiger charge is -2.05. The van der Waals surface area contributed by atoms with Gasteiger partial charge in [-0.25, -0.2) is 18.4 Å². The summed E-state index contributed by atoms with van der Waals surface area (Å²) in [6.45, 7) is 1.98. The van der Waals surface area contributed by atoms with Crippen LogP contribution in [0.3, 0.4) is 0 Å². The minimum Gasteiger partial charge on any atom is -0.368 e. The Hall–Kier alpha value is -1.95. The van der Waals surface area contributed by atoms with Crippen molar-refractivity contribution in [3.05, 3.63) is 36.0 Å². The van der Waals surface area contributed by atoms with Crippen LogP contribution in [-0.4, -0.2) is 24.6 Å². The second-order valence-electron chi connectivity index (χ2n) is 4.25. The van der Waals surface area contributed by atoms with E-state index in [4.69, 9.17) is 5.73 Å². The molecular weight excluding hydrogens is 262 g/mol. The molecule has 0 amide bonds. The van der Waals surface area contributed by atoms with Crippen LogP contribution in [0.1, 0.15) is 12.6 Å². The van der Waals surface area contributed by atoms with E-state index in [0.29, 0.717) is 5.69 Å². The minimum atomic E-state index is -3.18. The summed E-state index contributed by atoms with van der Waals surface area (Å²) in [5.41, 5.74) is 8.02. The van der Waals surface area contributed by atoms with Gasteiger partial charge in [-0.05, 0) is 24.6 Å². The van der Waals surface area contributed by atoms with Crippen LogP contribution in [0.2, 0.25) is 0 Å². The molecule has 0 bridgehead atoms. The molecule has 0 spiro atoms. The highest BCUT2D eigenvalue weighted by Gasteiger charge is 2.08. The summed E-state index contributed by atoms with van der Waals surface area (Å²) in [6.07, 6.45) is 1.95. The summed E-state index contributed by atoms with van der Waals surface area (Å²) in [6, 6.07) is 8.42. The minimum absolute atomic E-state index is 0.224. The first-order chi connectivity index (χ1) is 8.90. The molecule has 1 aromatic heterocycles. The number of nitrogen functional groups attached to an aromatic ring is 1. The van der Waals surface area contributed by atoms with Crippen molar-refractivity contribution < 1.29 is 8.42 Å². The molecule has 0 aliphatic rings. The van der Waals surface area contributed by atoms with Gasteiger partial charge in [0.2, 0.25) is 5.95 Å². The molecule has 0 saturated heterocycles. The standard InChI is InChI=1S/C13H15N3O2S/c1-3-10-8-12(16-13(14)15-10)9-4-6-11(7-5-9)19(2,17)18/h4-8H,3H2,1-2H3,(H2,14,15,16). The maximum Gasteiger partial charge on any atom is 0.220 e. The van der Waals surface area contributed by atoms with Gasteiger partial charge in [0.15, 0.2) is 9.84 Å². The number of aromatic nitrogens is 2. The molecular formula is C13H15N3O2S. The van der Waals surface area contributed by atoms with Crippen molar-refractivity contribution >= 4 is 15.8 Å². The average molecular weight is 277 g/mol. The second kappa shape index (κ2) is 4.97. The molecule has 0 aliphatic carbocycles. The van der Waals surface area contributed by atoms with E-state index in [2.05, 4.69) is 9.97 Å². The van der Waals surface area contributed by atoms with E-state index in [1.807, 2.05) is 13.0 Å². The van der Waals surface area contributed by atoms with E-state index in [1.54, 1.807) is 24.3 Å². The Bertz CT molecular complexity index is 694. The molecule has 0 radical (unpaired) electrons. The number of hydrogen-bond donors (Lipinski definition) is 1. The number of hydrogen-bond acceptors (Lipinski definition) is 5. The second-order valence-corrected chi connectivity index (χ2v) is 6.27. The van der Waals surface area contributed by atoms with Crippen LogP contribution in [0, 0.1) is 0 Å². The number of nitrogens with zero attached hydrogens (tertiary/aromatic N) is 2. The maximum atomic E-state index is 11.4. The molecule has 6 heteroatoms. The summed E-state index contributed by atoms with van der Waals surface area (Å²) < 4.78 is 22.8. The Kier molecular flexibility index (Phi) is 3.53. The molecule has 0 unspecified atom stereocenters. The molecule has 0 fully saturated rings. The maximum absolute atomic E-state index is 11.4. The van der Waals surface area contributed by atoms with Crippen LogP contribution >= 0.6 is 0 Å². The Labute approximate surface area is 112 Å². The lowest BCUT2D eigenvalue weighted by Crippen LogP contribution is -2.00. The Morgan fingerprint density at radius 3 is 2.32 bits per heavy atom. The van der Waals surface area contributed by atoms with Gasteiger partial charge in [0.1, 0.15) is 0 Å². The number of benzene rings is 1. The van der Waals surface area contributed by atoms with Crippen LogP contribution in [0.25, 0.3) is 11.3 Å². The molecule has 100 valence electrons. The normalized spacial score (nSPS) is 11.5. The van der Waals surface area contributed by atoms with Crippen molar-refractivity contribution in [1.29, 1.82) is 0 Å². The number of aryl methyl sites for hydroxylation is 1. The van der Waals surface area contributed by atoms with E-state index in [-0.39, 0.29) is 10.8 Å². The lowest BCUT2D eigenvalue weighted by atomic mass is 10.1. The highest BCUT2D eigenvalue weighted by Crippen LogP contribution is 2.21. The monoisotopic (exact) mass is 277 g/mol. The first kappa shape index (κ1) is 13.5. The van der Waals surface area contributed by atoms with Crippen LogP contribution in [-0.2, 0) is 16.3 Å². The quantitative estimate of drug-likeness (QED) is 0.922. The molecule has 19 heavy (non-hydrogen) atoms. The van der Waals surface area contributed by atoms with Crippen LogP contribution in [0.5, 0.6) is 0 Å². The largest absolute Gasteiger partial charge is 0.368 e. The highest BCUT2D eigenvalue weighted by molar-refractivity contribution is 7.90. The van der Waals surface area contributed by atoms with Crippen molar-refractivity contribution in [3.8, 4) is 11.3 Å². The highest BCUT2D eigenvalue weighted by atomic mass is 32.2. The van der Waals surface area contributed by atoms with Crippen LogP contribution in [0.15, 0.2) is 35.2 Å². The number of rotatable bonds is 3. The number of nitrogens with two attached hydrogens (primary N) is 1. The number of anilines is 1. The van der Waals surface area contributed by atoms with Crippen molar-refractivity contribution in [3.63, 3.8) is 0 Å². The van der Waals surface area contributed by atoms with Crippen LogP contribution < -0.4 is 5.73 Å². The van der Waals surface area contributed by atoms with Gasteiger partial charge in [0.25, 0.3) is 0 Å². The third-order valence-corrected chi connectivity index (χ3v) is 3.87. The van der Waals surface area contributed by atoms with Gasteiger partial charge in [-0.1, -0.05) is 19.1 Å². The number of sulfone groups is 1. The van der Waals surface area contributed by atoms with Gasteiger partial charge in [0, 0.05) is 17.5 Å². The topological polar surface area (TPSA) is 85.9 Å². The first-order valence-electron chi connectivity index (χ1n) is 5.84. The van der Waals surface area contributed by atoms with Crippen molar-refractivity contribution in [2.24, 2.45) is 0 Å². The van der Waals surface area contributed by atoms with Crippen molar-refractivity contribution in [1.82, 2.24) is 9.97 Å². The smallest absolute Gasteiger partial charge is 0.220 e. The summed E-state index contributed by atoms with van der Waals surface area (Å²) >= 11 is 0. The van der Waals surface area contributed by atoms with Crippen molar-refractivity contribution in [2.75, 3.05) is 12.0 Å². The average Bonchev–Trinajstić information content (AvgIpc) is 2.37. The summed E-state index contributed by atoms with van der Waals surface area (Å²) in [7, 11) is -3.18. The third-order valence-electron chi connectivity index (χ3n) is 2.74. The summed E-state index contributed by atoms with van der Waals surface area (Å²) in [5, 5.41) is 0. The third kappa shape index (κ3) is 3.08. The fourth-order valence-corrected chi connectivity index (χ4v) is 2.35. The predicted octanol–water partition coefficient (Wildman–Crippen LogP) is 1.69. The zero-order valence-electron chi connectivity index (χ0n) is 10.8. The van der Waals surface area contributed by atoms with Gasteiger partial charge in [-0.15, -0.1) is 0 Å². The Morgan fingerprint density at radius 2 is 1.79 bits per heavy atom. The SMILES string of the molecule is CCc1cc(-c2ccc(S(C)(=O)=O)cc2)nc(N)n1. The Morgan fingerprint density at radius 1 is 1.16 bits per heavy atom. The van der Waals surface area contributed by atoms with E-state index in [9.17, 15) is 8.42 Å². The van der Waals surface area contributed by atoms with E-state index < -0.39 is 9.84 Å². The molecule has 5 nitrogen and oxygen atoms in total. The van der Waals surface area contributed by atoms with Gasteiger partial charge in [-0.3, -0.25) is 0 Å². The van der Waals surface area contributed by atoms with Gasteiger partial charge < -0.3 is 5.73 Å². The van der Waals surface area contributed by atoms with E-state index in [1.165, 1.54) is 6.26 Å². The van der Waals surface area contributed by atoms with Gasteiger partial charge in [0.05, 0.1) is 10.6 Å². The molecule has 0 aliphatic heterocycles. The molecule has 2 rings (SSSR count). The lowest BCUT2D eigenvalue weighted by molar-refractivity contribution is 0.602. The van der Waals surface area contributed by atoms with Gasteiger partial charge in [-0.2, -0.15) is 0 Å².